The van der Waals surface area contributed by atoms with Crippen molar-refractivity contribution in [1.82, 2.24) is 9.97 Å². The van der Waals surface area contributed by atoms with E-state index in [0.717, 1.165) is 17.9 Å². The Morgan fingerprint density at radius 3 is 1.80 bits per heavy atom. The molecule has 0 amide bonds. The molecule has 0 fully saturated rings. The van der Waals surface area contributed by atoms with Crippen LogP contribution in [0.3, 0.4) is 0 Å². The molecule has 0 spiro atoms. The van der Waals surface area contributed by atoms with Gasteiger partial charge < -0.3 is 10.2 Å². The number of aromatic nitrogens is 2. The summed E-state index contributed by atoms with van der Waals surface area (Å²) in [5.41, 5.74) is 0.762. The molecule has 2 N–H and O–H groups in total. The van der Waals surface area contributed by atoms with E-state index in [1.54, 1.807) is 6.20 Å². The van der Waals surface area contributed by atoms with Gasteiger partial charge in [0, 0.05) is 6.42 Å². The summed E-state index contributed by atoms with van der Waals surface area (Å²) >= 11 is 0. The lowest BCUT2D eigenvalue weighted by Crippen LogP contribution is -1.90. The minimum absolute atomic E-state index is 0.762. The van der Waals surface area contributed by atoms with E-state index < -0.39 is 0 Å². The summed E-state index contributed by atoms with van der Waals surface area (Å²) < 4.78 is 0. The molecule has 0 aliphatic rings. The van der Waals surface area contributed by atoms with E-state index in [4.69, 9.17) is 5.21 Å². The Balaban J connectivity index is 1.78. The van der Waals surface area contributed by atoms with Crippen molar-refractivity contribution in [2.75, 3.05) is 0 Å². The monoisotopic (exact) mass is 349 g/mol. The fourth-order valence-electron chi connectivity index (χ4n) is 3.30. The third-order valence-electron chi connectivity index (χ3n) is 4.86. The van der Waals surface area contributed by atoms with E-state index in [9.17, 15) is 0 Å². The number of oxime groups is 1. The van der Waals surface area contributed by atoms with Crippen LogP contribution in [0.2, 0.25) is 0 Å². The number of H-pyrrole nitrogens is 1. The van der Waals surface area contributed by atoms with Crippen LogP contribution in [-0.2, 0) is 6.42 Å². The fourth-order valence-corrected chi connectivity index (χ4v) is 3.30. The number of hydrogen-bond donors (Lipinski definition) is 2. The lowest BCUT2D eigenvalue weighted by molar-refractivity contribution is 0.321. The summed E-state index contributed by atoms with van der Waals surface area (Å²) in [4.78, 5) is 7.42. The summed E-state index contributed by atoms with van der Waals surface area (Å²) in [6.07, 6.45) is 24.9. The van der Waals surface area contributed by atoms with Crippen molar-refractivity contribution in [1.29, 1.82) is 0 Å². The molecule has 1 aromatic rings. The van der Waals surface area contributed by atoms with Crippen LogP contribution in [0.1, 0.15) is 115 Å². The third kappa shape index (κ3) is 12.7. The van der Waals surface area contributed by atoms with E-state index >= 15 is 0 Å². The topological polar surface area (TPSA) is 61.3 Å². The largest absolute Gasteiger partial charge is 0.411 e. The lowest BCUT2D eigenvalue weighted by atomic mass is 10.0. The van der Waals surface area contributed by atoms with E-state index in [2.05, 4.69) is 22.0 Å². The first-order valence-electron chi connectivity index (χ1n) is 10.6. The molecule has 0 saturated heterocycles. The Morgan fingerprint density at radius 1 is 0.840 bits per heavy atom. The van der Waals surface area contributed by atoms with Gasteiger partial charge in [-0.1, -0.05) is 102 Å². The van der Waals surface area contributed by atoms with Gasteiger partial charge in [0.05, 0.1) is 18.1 Å². The van der Waals surface area contributed by atoms with Crippen molar-refractivity contribution in [3.05, 3.63) is 17.7 Å². The van der Waals surface area contributed by atoms with Gasteiger partial charge in [-0.3, -0.25) is 0 Å². The van der Waals surface area contributed by atoms with Gasteiger partial charge in [0.2, 0.25) is 0 Å². The molecule has 1 rings (SSSR count). The zero-order valence-corrected chi connectivity index (χ0v) is 16.3. The molecule has 0 saturated carbocycles. The van der Waals surface area contributed by atoms with Gasteiger partial charge in [-0.05, 0) is 6.42 Å². The summed E-state index contributed by atoms with van der Waals surface area (Å²) in [5.74, 6) is 0.990. The summed E-state index contributed by atoms with van der Waals surface area (Å²) in [6.45, 7) is 2.28. The molecule has 0 radical (unpaired) electrons. The third-order valence-corrected chi connectivity index (χ3v) is 4.86. The molecule has 144 valence electrons. The van der Waals surface area contributed by atoms with Gasteiger partial charge in [0.1, 0.15) is 5.82 Å². The van der Waals surface area contributed by atoms with Crippen molar-refractivity contribution in [3.8, 4) is 0 Å². The highest BCUT2D eigenvalue weighted by Gasteiger charge is 1.99. The molecule has 0 aliphatic carbocycles. The van der Waals surface area contributed by atoms with Gasteiger partial charge in [0.25, 0.3) is 0 Å². The van der Waals surface area contributed by atoms with Crippen LogP contribution in [0.4, 0.5) is 0 Å². The molecule has 4 nitrogen and oxygen atoms in total. The SMILES string of the molecule is CCCCCCCCCCCCCCCCCc1ncc(C=NO)[nH]1. The summed E-state index contributed by atoms with van der Waals surface area (Å²) in [5, 5.41) is 11.5. The maximum Gasteiger partial charge on any atom is 0.106 e. The molecule has 0 aliphatic heterocycles. The van der Waals surface area contributed by atoms with Crippen LogP contribution in [0, 0.1) is 0 Å². The molecule has 0 aromatic carbocycles. The van der Waals surface area contributed by atoms with Gasteiger partial charge in [-0.25, -0.2) is 4.98 Å². The number of imidazole rings is 1. The average Bonchev–Trinajstić information content (AvgIpc) is 3.06. The normalized spacial score (nSPS) is 11.6. The smallest absolute Gasteiger partial charge is 0.106 e. The van der Waals surface area contributed by atoms with Gasteiger partial charge in [0.15, 0.2) is 0 Å². The zero-order chi connectivity index (χ0) is 18.0. The van der Waals surface area contributed by atoms with Crippen LogP contribution in [0.15, 0.2) is 11.4 Å². The summed E-state index contributed by atoms with van der Waals surface area (Å²) in [6, 6.07) is 0. The van der Waals surface area contributed by atoms with Crippen molar-refractivity contribution in [2.45, 2.75) is 110 Å². The van der Waals surface area contributed by atoms with Gasteiger partial charge >= 0.3 is 0 Å². The fraction of sp³-hybridized carbons (Fsp3) is 0.810. The Labute approximate surface area is 154 Å². The number of hydrogen-bond acceptors (Lipinski definition) is 3. The molecule has 25 heavy (non-hydrogen) atoms. The molecule has 0 bridgehead atoms. The zero-order valence-electron chi connectivity index (χ0n) is 16.3. The first kappa shape index (κ1) is 21.7. The molecule has 1 aromatic heterocycles. The highest BCUT2D eigenvalue weighted by molar-refractivity contribution is 5.75. The molecule has 0 atom stereocenters. The van der Waals surface area contributed by atoms with Crippen LogP contribution >= 0.6 is 0 Å². The van der Waals surface area contributed by atoms with E-state index in [-0.39, 0.29) is 0 Å². The number of aromatic amines is 1. The van der Waals surface area contributed by atoms with Crippen LogP contribution in [0.25, 0.3) is 0 Å². The Kier molecular flexibility index (Phi) is 14.0. The minimum atomic E-state index is 0.762. The number of aryl methyl sites for hydroxylation is 1. The van der Waals surface area contributed by atoms with E-state index in [1.807, 2.05) is 0 Å². The second kappa shape index (κ2) is 16.2. The van der Waals surface area contributed by atoms with Gasteiger partial charge in [-0.15, -0.1) is 0 Å². The van der Waals surface area contributed by atoms with Crippen LogP contribution in [-0.4, -0.2) is 21.4 Å². The quantitative estimate of drug-likeness (QED) is 0.143. The van der Waals surface area contributed by atoms with Crippen molar-refractivity contribution in [2.24, 2.45) is 5.16 Å². The highest BCUT2D eigenvalue weighted by Crippen LogP contribution is 2.13. The standard InChI is InChI=1S/C21H39N3O/c1-2-3-4-5-6-7-8-9-10-11-12-13-14-15-16-17-21-22-18-20(24-21)19-23-25/h18-19,25H,2-17H2,1H3,(H,22,24). The Hall–Kier alpha value is -1.32. The first-order chi connectivity index (χ1) is 12.4. The number of rotatable bonds is 17. The van der Waals surface area contributed by atoms with Crippen LogP contribution in [0.5, 0.6) is 0 Å². The number of unbranched alkanes of at least 4 members (excludes halogenated alkanes) is 14. The Bertz CT molecular complexity index is 429. The second-order valence-corrected chi connectivity index (χ2v) is 7.23. The minimum Gasteiger partial charge on any atom is -0.411 e. The van der Waals surface area contributed by atoms with Crippen LogP contribution < -0.4 is 0 Å². The van der Waals surface area contributed by atoms with Crippen molar-refractivity contribution < 1.29 is 5.21 Å². The molecule has 0 unspecified atom stereocenters. The van der Waals surface area contributed by atoms with Gasteiger partial charge in [-0.2, -0.15) is 0 Å². The number of nitrogens with zero attached hydrogens (tertiary/aromatic N) is 2. The summed E-state index contributed by atoms with van der Waals surface area (Å²) in [7, 11) is 0. The predicted molar refractivity (Wildman–Crippen MR) is 107 cm³/mol. The Morgan fingerprint density at radius 2 is 1.32 bits per heavy atom. The van der Waals surface area contributed by atoms with Crippen molar-refractivity contribution in [3.63, 3.8) is 0 Å². The molecular formula is C21H39N3O. The molecule has 4 heteroatoms. The van der Waals surface area contributed by atoms with E-state index in [0.29, 0.717) is 0 Å². The molecular weight excluding hydrogens is 310 g/mol. The average molecular weight is 350 g/mol. The lowest BCUT2D eigenvalue weighted by Gasteiger charge is -2.03. The predicted octanol–water partition coefficient (Wildman–Crippen LogP) is 6.63. The van der Waals surface area contributed by atoms with Crippen molar-refractivity contribution >= 4 is 6.21 Å². The highest BCUT2D eigenvalue weighted by atomic mass is 16.4. The maximum atomic E-state index is 8.47. The maximum absolute atomic E-state index is 8.47. The second-order valence-electron chi connectivity index (χ2n) is 7.23. The first-order valence-corrected chi connectivity index (χ1v) is 10.6. The number of nitrogens with one attached hydrogen (secondary N) is 1. The molecule has 1 heterocycles. The van der Waals surface area contributed by atoms with E-state index in [1.165, 1.54) is 103 Å².